The third-order valence-corrected chi connectivity index (χ3v) is 3.75. The summed E-state index contributed by atoms with van der Waals surface area (Å²) in [5.74, 6) is 0.252. The number of aromatic nitrogens is 3. The highest BCUT2D eigenvalue weighted by molar-refractivity contribution is 5.78. The van der Waals surface area contributed by atoms with E-state index in [1.807, 2.05) is 23.7 Å². The molecule has 5 heteroatoms. The Balaban J connectivity index is 2.05. The Morgan fingerprint density at radius 3 is 3.00 bits per heavy atom. The summed E-state index contributed by atoms with van der Waals surface area (Å²) in [5.41, 5.74) is 3.93. The van der Waals surface area contributed by atoms with Crippen molar-refractivity contribution in [2.75, 3.05) is 0 Å². The number of fused-ring (bicyclic) bond motifs is 1. The molecule has 0 bridgehead atoms. The van der Waals surface area contributed by atoms with Crippen LogP contribution in [0, 0.1) is 12.8 Å². The van der Waals surface area contributed by atoms with E-state index in [1.54, 1.807) is 13.1 Å². The zero-order chi connectivity index (χ0) is 15.0. The van der Waals surface area contributed by atoms with Crippen LogP contribution in [0.25, 0.3) is 11.2 Å². The lowest BCUT2D eigenvalue weighted by Crippen LogP contribution is -2.37. The maximum absolute atomic E-state index is 11.3. The second kappa shape index (κ2) is 5.16. The van der Waals surface area contributed by atoms with Gasteiger partial charge in [-0.05, 0) is 24.5 Å². The number of nitrogens with zero attached hydrogens (tertiary/aromatic N) is 3. The van der Waals surface area contributed by atoms with Crippen LogP contribution in [0.5, 0.6) is 0 Å². The summed E-state index contributed by atoms with van der Waals surface area (Å²) in [6.07, 6.45) is 9.87. The van der Waals surface area contributed by atoms with Crippen LogP contribution >= 0.6 is 0 Å². The Labute approximate surface area is 123 Å². The van der Waals surface area contributed by atoms with E-state index in [9.17, 15) is 4.79 Å². The van der Waals surface area contributed by atoms with Crippen molar-refractivity contribution in [3.8, 4) is 0 Å². The van der Waals surface area contributed by atoms with E-state index >= 15 is 0 Å². The Morgan fingerprint density at radius 1 is 1.43 bits per heavy atom. The molecule has 21 heavy (non-hydrogen) atoms. The van der Waals surface area contributed by atoms with Crippen molar-refractivity contribution < 1.29 is 4.79 Å². The minimum absolute atomic E-state index is 0.00220. The van der Waals surface area contributed by atoms with E-state index in [0.717, 1.165) is 22.5 Å². The number of rotatable bonds is 2. The first-order valence-electron chi connectivity index (χ1n) is 7.03. The molecule has 1 aliphatic carbocycles. The highest BCUT2D eigenvalue weighted by Gasteiger charge is 2.19. The van der Waals surface area contributed by atoms with Crippen LogP contribution in [-0.2, 0) is 4.79 Å². The SMILES string of the molecule is CC(=O)NC1C=C(c2ccnc3c(C)cnn23)C=CC1C. The molecule has 0 spiro atoms. The quantitative estimate of drug-likeness (QED) is 0.918. The molecule has 0 fully saturated rings. The molecule has 2 atom stereocenters. The number of hydrogen-bond donors (Lipinski definition) is 1. The molecule has 0 aliphatic heterocycles. The van der Waals surface area contributed by atoms with Crippen molar-refractivity contribution in [2.45, 2.75) is 26.8 Å². The van der Waals surface area contributed by atoms with Crippen LogP contribution in [0.2, 0.25) is 0 Å². The Kier molecular flexibility index (Phi) is 3.33. The van der Waals surface area contributed by atoms with E-state index in [2.05, 4.69) is 40.6 Å². The molecule has 108 valence electrons. The molecule has 5 nitrogen and oxygen atoms in total. The first kappa shape index (κ1) is 13.5. The summed E-state index contributed by atoms with van der Waals surface area (Å²) >= 11 is 0. The zero-order valence-electron chi connectivity index (χ0n) is 12.4. The molecule has 0 saturated carbocycles. The lowest BCUT2D eigenvalue weighted by Gasteiger charge is -2.24. The van der Waals surface area contributed by atoms with Gasteiger partial charge < -0.3 is 5.32 Å². The molecular weight excluding hydrogens is 264 g/mol. The molecular formula is C16H18N4O. The lowest BCUT2D eigenvalue weighted by molar-refractivity contribution is -0.119. The monoisotopic (exact) mass is 282 g/mol. The van der Waals surface area contributed by atoms with Crippen molar-refractivity contribution in [1.29, 1.82) is 0 Å². The number of allylic oxidation sites excluding steroid dienone is 2. The third kappa shape index (κ3) is 2.46. The van der Waals surface area contributed by atoms with Gasteiger partial charge in [-0.1, -0.05) is 25.2 Å². The molecule has 0 radical (unpaired) electrons. The summed E-state index contributed by atoms with van der Waals surface area (Å²) in [6.45, 7) is 5.62. The molecule has 1 amide bonds. The van der Waals surface area contributed by atoms with E-state index in [0.29, 0.717) is 0 Å². The maximum atomic E-state index is 11.3. The fourth-order valence-corrected chi connectivity index (χ4v) is 2.58. The molecule has 1 N–H and O–H groups in total. The van der Waals surface area contributed by atoms with Crippen molar-refractivity contribution in [2.24, 2.45) is 5.92 Å². The van der Waals surface area contributed by atoms with Crippen molar-refractivity contribution in [3.63, 3.8) is 0 Å². The van der Waals surface area contributed by atoms with Gasteiger partial charge in [0, 0.05) is 18.7 Å². The molecule has 2 aromatic heterocycles. The predicted molar refractivity (Wildman–Crippen MR) is 81.6 cm³/mol. The first-order valence-corrected chi connectivity index (χ1v) is 7.03. The first-order chi connectivity index (χ1) is 10.1. The van der Waals surface area contributed by atoms with Gasteiger partial charge >= 0.3 is 0 Å². The fourth-order valence-electron chi connectivity index (χ4n) is 2.58. The predicted octanol–water partition coefficient (Wildman–Crippen LogP) is 2.13. The van der Waals surface area contributed by atoms with Crippen LogP contribution in [-0.4, -0.2) is 26.5 Å². The topological polar surface area (TPSA) is 59.3 Å². The van der Waals surface area contributed by atoms with E-state index < -0.39 is 0 Å². The van der Waals surface area contributed by atoms with Crippen molar-refractivity contribution in [3.05, 3.63) is 47.9 Å². The average Bonchev–Trinajstić information content (AvgIpc) is 2.83. The van der Waals surface area contributed by atoms with Gasteiger partial charge in [-0.15, -0.1) is 0 Å². The minimum Gasteiger partial charge on any atom is -0.350 e. The van der Waals surface area contributed by atoms with Crippen LogP contribution < -0.4 is 5.32 Å². The van der Waals surface area contributed by atoms with Gasteiger partial charge in [0.2, 0.25) is 5.91 Å². The van der Waals surface area contributed by atoms with Crippen LogP contribution in [0.4, 0.5) is 0 Å². The van der Waals surface area contributed by atoms with Crippen molar-refractivity contribution in [1.82, 2.24) is 19.9 Å². The number of amides is 1. The van der Waals surface area contributed by atoms with Gasteiger partial charge in [-0.25, -0.2) is 9.50 Å². The van der Waals surface area contributed by atoms with Gasteiger partial charge in [0.15, 0.2) is 5.65 Å². The van der Waals surface area contributed by atoms with Crippen LogP contribution in [0.3, 0.4) is 0 Å². The van der Waals surface area contributed by atoms with E-state index in [-0.39, 0.29) is 17.9 Å². The highest BCUT2D eigenvalue weighted by atomic mass is 16.1. The van der Waals surface area contributed by atoms with Crippen molar-refractivity contribution >= 4 is 17.1 Å². The lowest BCUT2D eigenvalue weighted by atomic mass is 9.92. The van der Waals surface area contributed by atoms with Gasteiger partial charge in [0.1, 0.15) is 0 Å². The fraction of sp³-hybridized carbons (Fsp3) is 0.312. The summed E-state index contributed by atoms with van der Waals surface area (Å²) in [7, 11) is 0. The molecule has 0 saturated heterocycles. The largest absolute Gasteiger partial charge is 0.350 e. The minimum atomic E-state index is -0.0208. The summed E-state index contributed by atoms with van der Waals surface area (Å²) < 4.78 is 1.84. The maximum Gasteiger partial charge on any atom is 0.217 e. The molecule has 2 heterocycles. The van der Waals surface area contributed by atoms with E-state index in [1.165, 1.54) is 0 Å². The molecule has 2 aromatic rings. The Morgan fingerprint density at radius 2 is 2.24 bits per heavy atom. The van der Waals surface area contributed by atoms with Gasteiger partial charge in [0.05, 0.1) is 17.9 Å². The smallest absolute Gasteiger partial charge is 0.217 e. The number of carbonyl (C=O) groups excluding carboxylic acids is 1. The molecule has 1 aliphatic rings. The summed E-state index contributed by atoms with van der Waals surface area (Å²) in [6, 6.07) is 1.94. The Bertz CT molecular complexity index is 757. The summed E-state index contributed by atoms with van der Waals surface area (Å²) in [5, 5.41) is 7.36. The number of hydrogen-bond acceptors (Lipinski definition) is 3. The Hall–Kier alpha value is -2.43. The second-order valence-electron chi connectivity index (χ2n) is 5.46. The third-order valence-electron chi connectivity index (χ3n) is 3.75. The van der Waals surface area contributed by atoms with Gasteiger partial charge in [-0.2, -0.15) is 5.10 Å². The average molecular weight is 282 g/mol. The normalized spacial score (nSPS) is 21.4. The van der Waals surface area contributed by atoms with Gasteiger partial charge in [0.25, 0.3) is 0 Å². The standard InChI is InChI=1S/C16H18N4O/c1-10-4-5-13(8-14(10)19-12(3)21)15-6-7-17-16-11(2)9-18-20(15)16/h4-10,14H,1-3H3,(H,19,21). The number of nitrogens with one attached hydrogen (secondary N) is 1. The van der Waals surface area contributed by atoms with Crippen LogP contribution in [0.15, 0.2) is 36.7 Å². The second-order valence-corrected chi connectivity index (χ2v) is 5.46. The number of carbonyl (C=O) groups is 1. The van der Waals surface area contributed by atoms with Gasteiger partial charge in [-0.3, -0.25) is 4.79 Å². The van der Waals surface area contributed by atoms with Crippen LogP contribution in [0.1, 0.15) is 25.1 Å². The molecule has 2 unspecified atom stereocenters. The summed E-state index contributed by atoms with van der Waals surface area (Å²) in [4.78, 5) is 15.7. The molecule has 3 rings (SSSR count). The highest BCUT2D eigenvalue weighted by Crippen LogP contribution is 2.25. The zero-order valence-corrected chi connectivity index (χ0v) is 12.4. The molecule has 0 aromatic carbocycles. The number of aryl methyl sites for hydroxylation is 1. The van der Waals surface area contributed by atoms with E-state index in [4.69, 9.17) is 0 Å².